The van der Waals surface area contributed by atoms with Crippen molar-refractivity contribution >= 4 is 5.91 Å². The number of halogens is 2. The van der Waals surface area contributed by atoms with E-state index in [9.17, 15) is 18.7 Å². The van der Waals surface area contributed by atoms with Crippen LogP contribution in [0.3, 0.4) is 0 Å². The number of aryl methyl sites for hydroxylation is 1. The van der Waals surface area contributed by atoms with Gasteiger partial charge in [-0.3, -0.25) is 4.79 Å². The number of hydrogen-bond donors (Lipinski definition) is 2. The van der Waals surface area contributed by atoms with Gasteiger partial charge in [0.1, 0.15) is 11.6 Å². The Hall–Kier alpha value is -2.27. The number of amides is 1. The molecule has 2 aromatic carbocycles. The second kappa shape index (κ2) is 7.66. The zero-order valence-electron chi connectivity index (χ0n) is 11.9. The minimum absolute atomic E-state index is 0.0614. The summed E-state index contributed by atoms with van der Waals surface area (Å²) in [4.78, 5) is 11.9. The van der Waals surface area contributed by atoms with Crippen molar-refractivity contribution < 1.29 is 18.7 Å². The van der Waals surface area contributed by atoms with E-state index < -0.39 is 17.7 Å². The highest BCUT2D eigenvalue weighted by Crippen LogP contribution is 2.14. The molecule has 1 atom stereocenters. The molecule has 22 heavy (non-hydrogen) atoms. The summed E-state index contributed by atoms with van der Waals surface area (Å²) in [6.45, 7) is -0.222. The predicted molar refractivity (Wildman–Crippen MR) is 79.1 cm³/mol. The zero-order valence-corrected chi connectivity index (χ0v) is 11.9. The standard InChI is InChI=1S/C17H17F2NO2/c18-14-8-6-12(15(19)10-14)7-9-17(22)20-16(11-21)13-4-2-1-3-5-13/h1-6,8,10,16,21H,7,9,11H2,(H,20,22). The molecule has 2 N–H and O–H groups in total. The summed E-state index contributed by atoms with van der Waals surface area (Å²) in [5.41, 5.74) is 1.09. The first-order valence-corrected chi connectivity index (χ1v) is 6.99. The largest absolute Gasteiger partial charge is 0.394 e. The highest BCUT2D eigenvalue weighted by atomic mass is 19.1. The summed E-state index contributed by atoms with van der Waals surface area (Å²) in [5, 5.41) is 12.1. The normalized spacial score (nSPS) is 12.0. The van der Waals surface area contributed by atoms with Crippen molar-refractivity contribution in [3.63, 3.8) is 0 Å². The average molecular weight is 305 g/mol. The molecule has 2 aromatic rings. The molecule has 0 bridgehead atoms. The molecular formula is C17H17F2NO2. The van der Waals surface area contributed by atoms with Crippen LogP contribution in [0.4, 0.5) is 8.78 Å². The first-order valence-electron chi connectivity index (χ1n) is 6.99. The summed E-state index contributed by atoms with van der Waals surface area (Å²) in [6.07, 6.45) is 0.233. The maximum Gasteiger partial charge on any atom is 0.220 e. The van der Waals surface area contributed by atoms with Gasteiger partial charge in [-0.05, 0) is 23.6 Å². The lowest BCUT2D eigenvalue weighted by Gasteiger charge is -2.16. The third-order valence-corrected chi connectivity index (χ3v) is 3.36. The molecular weight excluding hydrogens is 288 g/mol. The average Bonchev–Trinajstić information content (AvgIpc) is 2.52. The van der Waals surface area contributed by atoms with Crippen LogP contribution in [-0.4, -0.2) is 17.6 Å². The second-order valence-corrected chi connectivity index (χ2v) is 4.95. The number of carbonyl (C=O) groups excluding carboxylic acids is 1. The molecule has 0 saturated heterocycles. The molecule has 0 radical (unpaired) electrons. The van der Waals surface area contributed by atoms with Gasteiger partial charge in [-0.1, -0.05) is 36.4 Å². The maximum atomic E-state index is 13.5. The molecule has 3 nitrogen and oxygen atoms in total. The summed E-state index contributed by atoms with van der Waals surface area (Å²) >= 11 is 0. The highest BCUT2D eigenvalue weighted by molar-refractivity contribution is 5.76. The van der Waals surface area contributed by atoms with Gasteiger partial charge >= 0.3 is 0 Å². The van der Waals surface area contributed by atoms with E-state index >= 15 is 0 Å². The van der Waals surface area contributed by atoms with Crippen LogP contribution in [0.15, 0.2) is 48.5 Å². The van der Waals surface area contributed by atoms with Gasteiger partial charge in [-0.2, -0.15) is 0 Å². The summed E-state index contributed by atoms with van der Waals surface area (Å²) in [5.74, 6) is -1.60. The van der Waals surface area contributed by atoms with Gasteiger partial charge in [0.05, 0.1) is 12.6 Å². The Balaban J connectivity index is 1.92. The van der Waals surface area contributed by atoms with Crippen molar-refractivity contribution in [2.24, 2.45) is 0 Å². The van der Waals surface area contributed by atoms with Crippen LogP contribution < -0.4 is 5.32 Å². The number of benzene rings is 2. The lowest BCUT2D eigenvalue weighted by atomic mass is 10.1. The van der Waals surface area contributed by atoms with Gasteiger partial charge in [0.25, 0.3) is 0 Å². The SMILES string of the molecule is O=C(CCc1ccc(F)cc1F)NC(CO)c1ccccc1. The van der Waals surface area contributed by atoms with Crippen LogP contribution in [0.1, 0.15) is 23.6 Å². The van der Waals surface area contributed by atoms with Crippen molar-refractivity contribution in [3.05, 3.63) is 71.3 Å². The van der Waals surface area contributed by atoms with Gasteiger partial charge in [0.15, 0.2) is 0 Å². The van der Waals surface area contributed by atoms with Gasteiger partial charge in [0, 0.05) is 12.5 Å². The third-order valence-electron chi connectivity index (χ3n) is 3.36. The Labute approximate surface area is 127 Å². The van der Waals surface area contributed by atoms with Gasteiger partial charge in [-0.15, -0.1) is 0 Å². The molecule has 0 saturated carbocycles. The van der Waals surface area contributed by atoms with Crippen molar-refractivity contribution in [2.45, 2.75) is 18.9 Å². The molecule has 116 valence electrons. The molecule has 0 aromatic heterocycles. The molecule has 1 unspecified atom stereocenters. The van der Waals surface area contributed by atoms with Crippen LogP contribution in [0, 0.1) is 11.6 Å². The smallest absolute Gasteiger partial charge is 0.220 e. The molecule has 0 aliphatic heterocycles. The van der Waals surface area contributed by atoms with E-state index in [-0.39, 0.29) is 30.9 Å². The van der Waals surface area contributed by atoms with E-state index in [1.54, 1.807) is 12.1 Å². The van der Waals surface area contributed by atoms with Crippen molar-refractivity contribution in [3.8, 4) is 0 Å². The summed E-state index contributed by atoms with van der Waals surface area (Å²) in [7, 11) is 0. The molecule has 0 heterocycles. The quantitative estimate of drug-likeness (QED) is 0.862. The fourth-order valence-corrected chi connectivity index (χ4v) is 2.16. The fraction of sp³-hybridized carbons (Fsp3) is 0.235. The molecule has 2 rings (SSSR count). The Morgan fingerprint density at radius 1 is 1.14 bits per heavy atom. The lowest BCUT2D eigenvalue weighted by molar-refractivity contribution is -0.122. The Bertz CT molecular complexity index is 632. The zero-order chi connectivity index (χ0) is 15.9. The number of hydrogen-bond acceptors (Lipinski definition) is 2. The number of aliphatic hydroxyl groups is 1. The maximum absolute atomic E-state index is 13.5. The molecule has 0 aliphatic rings. The minimum atomic E-state index is -0.658. The van der Waals surface area contributed by atoms with Crippen LogP contribution >= 0.6 is 0 Å². The molecule has 1 amide bonds. The summed E-state index contributed by atoms with van der Waals surface area (Å²) < 4.78 is 26.3. The monoisotopic (exact) mass is 305 g/mol. The third kappa shape index (κ3) is 4.36. The van der Waals surface area contributed by atoms with E-state index in [0.717, 1.165) is 17.7 Å². The van der Waals surface area contributed by atoms with E-state index in [4.69, 9.17) is 0 Å². The van der Waals surface area contributed by atoms with E-state index in [1.807, 2.05) is 18.2 Å². The number of rotatable bonds is 6. The second-order valence-electron chi connectivity index (χ2n) is 4.95. The fourth-order valence-electron chi connectivity index (χ4n) is 2.16. The van der Waals surface area contributed by atoms with Crippen LogP contribution in [-0.2, 0) is 11.2 Å². The molecule has 0 fully saturated rings. The van der Waals surface area contributed by atoms with E-state index in [2.05, 4.69) is 5.32 Å². The van der Waals surface area contributed by atoms with Gasteiger partial charge in [0.2, 0.25) is 5.91 Å². The molecule has 0 aliphatic carbocycles. The van der Waals surface area contributed by atoms with E-state index in [1.165, 1.54) is 6.07 Å². The van der Waals surface area contributed by atoms with Crippen molar-refractivity contribution in [2.75, 3.05) is 6.61 Å². The summed E-state index contributed by atoms with van der Waals surface area (Å²) in [6, 6.07) is 11.9. The first kappa shape index (κ1) is 16.1. The van der Waals surface area contributed by atoms with Crippen LogP contribution in [0.25, 0.3) is 0 Å². The van der Waals surface area contributed by atoms with Crippen LogP contribution in [0.2, 0.25) is 0 Å². The Kier molecular flexibility index (Phi) is 5.61. The van der Waals surface area contributed by atoms with Crippen LogP contribution in [0.5, 0.6) is 0 Å². The predicted octanol–water partition coefficient (Wildman–Crippen LogP) is 2.75. The van der Waals surface area contributed by atoms with E-state index in [0.29, 0.717) is 0 Å². The highest BCUT2D eigenvalue weighted by Gasteiger charge is 2.14. The molecule has 5 heteroatoms. The van der Waals surface area contributed by atoms with Gasteiger partial charge in [-0.25, -0.2) is 8.78 Å². The van der Waals surface area contributed by atoms with Gasteiger partial charge < -0.3 is 10.4 Å². The number of carbonyl (C=O) groups is 1. The lowest BCUT2D eigenvalue weighted by Crippen LogP contribution is -2.30. The van der Waals surface area contributed by atoms with Crippen molar-refractivity contribution in [1.29, 1.82) is 0 Å². The Morgan fingerprint density at radius 2 is 1.86 bits per heavy atom. The van der Waals surface area contributed by atoms with Crippen molar-refractivity contribution in [1.82, 2.24) is 5.32 Å². The number of nitrogens with one attached hydrogen (secondary N) is 1. The minimum Gasteiger partial charge on any atom is -0.394 e. The number of aliphatic hydroxyl groups excluding tert-OH is 1. The molecule has 0 spiro atoms. The topological polar surface area (TPSA) is 49.3 Å². The Morgan fingerprint density at radius 3 is 2.50 bits per heavy atom. The first-order chi connectivity index (χ1) is 10.6.